The number of hydrogen-bond donors (Lipinski definition) is 2. The van der Waals surface area contributed by atoms with Crippen LogP contribution in [0, 0.1) is 13.8 Å². The minimum absolute atomic E-state index is 0.216. The van der Waals surface area contributed by atoms with Gasteiger partial charge in [-0.25, -0.2) is 0 Å². The molecule has 2 rings (SSSR count). The number of nitrogen functional groups attached to an aromatic ring is 1. The molecule has 0 amide bonds. The lowest BCUT2D eigenvalue weighted by atomic mass is 10.00. The topological polar surface area (TPSA) is 68.1 Å². The van der Waals surface area contributed by atoms with Gasteiger partial charge in [0.25, 0.3) is 0 Å². The minimum atomic E-state index is -0.216. The van der Waals surface area contributed by atoms with Gasteiger partial charge in [0.2, 0.25) is 5.56 Å². The highest BCUT2D eigenvalue weighted by atomic mass is 16.5. The van der Waals surface area contributed by atoms with Gasteiger partial charge in [-0.05, 0) is 42.7 Å². The number of methoxy groups -OCH3 is 1. The number of anilines is 1. The van der Waals surface area contributed by atoms with Crippen molar-refractivity contribution in [2.24, 2.45) is 0 Å². The van der Waals surface area contributed by atoms with E-state index < -0.39 is 0 Å². The molecule has 0 aliphatic rings. The first-order valence-corrected chi connectivity index (χ1v) is 5.66. The van der Waals surface area contributed by atoms with Gasteiger partial charge in [0, 0.05) is 11.6 Å². The van der Waals surface area contributed by atoms with Crippen molar-refractivity contribution in [1.82, 2.24) is 4.98 Å². The third kappa shape index (κ3) is 2.22. The summed E-state index contributed by atoms with van der Waals surface area (Å²) in [7, 11) is 1.62. The number of ether oxygens (including phenoxy) is 1. The van der Waals surface area contributed by atoms with Crippen molar-refractivity contribution in [3.8, 4) is 16.9 Å². The Labute approximate surface area is 105 Å². The van der Waals surface area contributed by atoms with Crippen molar-refractivity contribution >= 4 is 5.82 Å². The Morgan fingerprint density at radius 2 is 1.89 bits per heavy atom. The van der Waals surface area contributed by atoms with Gasteiger partial charge in [-0.3, -0.25) is 4.79 Å². The van der Waals surface area contributed by atoms with E-state index in [1.165, 1.54) is 6.07 Å². The van der Waals surface area contributed by atoms with Crippen molar-refractivity contribution in [2.75, 3.05) is 12.8 Å². The van der Waals surface area contributed by atoms with Crippen LogP contribution in [0.25, 0.3) is 11.1 Å². The summed E-state index contributed by atoms with van der Waals surface area (Å²) in [6, 6.07) is 7.28. The third-order valence-corrected chi connectivity index (χ3v) is 2.80. The zero-order valence-corrected chi connectivity index (χ0v) is 10.7. The summed E-state index contributed by atoms with van der Waals surface area (Å²) >= 11 is 0. The smallest absolute Gasteiger partial charge is 0.250 e. The molecule has 1 aromatic heterocycles. The van der Waals surface area contributed by atoms with Gasteiger partial charge in [-0.1, -0.05) is 6.07 Å². The van der Waals surface area contributed by atoms with E-state index in [0.29, 0.717) is 5.82 Å². The van der Waals surface area contributed by atoms with Crippen LogP contribution in [-0.4, -0.2) is 12.1 Å². The third-order valence-electron chi connectivity index (χ3n) is 2.80. The summed E-state index contributed by atoms with van der Waals surface area (Å²) in [5.74, 6) is 1.12. The number of pyridine rings is 1. The largest absolute Gasteiger partial charge is 0.496 e. The van der Waals surface area contributed by atoms with E-state index in [9.17, 15) is 4.79 Å². The van der Waals surface area contributed by atoms with Crippen LogP contribution < -0.4 is 16.0 Å². The molecule has 0 bridgehead atoms. The van der Waals surface area contributed by atoms with Crippen molar-refractivity contribution in [3.05, 3.63) is 45.7 Å². The first-order valence-electron chi connectivity index (χ1n) is 5.66. The van der Waals surface area contributed by atoms with E-state index in [2.05, 4.69) is 4.98 Å². The zero-order valence-electron chi connectivity index (χ0n) is 10.7. The molecule has 0 saturated carbocycles. The molecule has 0 unspecified atom stereocenters. The van der Waals surface area contributed by atoms with E-state index in [1.54, 1.807) is 13.2 Å². The van der Waals surface area contributed by atoms with Gasteiger partial charge >= 0.3 is 0 Å². The molecular weight excluding hydrogens is 228 g/mol. The molecule has 0 aliphatic heterocycles. The molecule has 0 saturated heterocycles. The van der Waals surface area contributed by atoms with Gasteiger partial charge in [0.1, 0.15) is 11.6 Å². The van der Waals surface area contributed by atoms with Crippen LogP contribution in [0.2, 0.25) is 0 Å². The van der Waals surface area contributed by atoms with Crippen LogP contribution >= 0.6 is 0 Å². The predicted octanol–water partition coefficient (Wildman–Crippen LogP) is 2.25. The van der Waals surface area contributed by atoms with Gasteiger partial charge in [-0.2, -0.15) is 0 Å². The molecule has 0 radical (unpaired) electrons. The van der Waals surface area contributed by atoms with Gasteiger partial charge < -0.3 is 15.5 Å². The summed E-state index contributed by atoms with van der Waals surface area (Å²) < 4.78 is 5.41. The molecule has 0 aliphatic carbocycles. The Bertz CT molecular complexity index is 645. The maximum Gasteiger partial charge on any atom is 0.250 e. The van der Waals surface area contributed by atoms with Crippen LogP contribution in [0.4, 0.5) is 5.82 Å². The van der Waals surface area contributed by atoms with Gasteiger partial charge in [-0.15, -0.1) is 0 Å². The van der Waals surface area contributed by atoms with Crippen LogP contribution in [0.15, 0.2) is 29.1 Å². The normalized spacial score (nSPS) is 10.4. The summed E-state index contributed by atoms with van der Waals surface area (Å²) in [6.45, 7) is 3.98. The second kappa shape index (κ2) is 4.56. The molecule has 0 spiro atoms. The Morgan fingerprint density at radius 3 is 2.50 bits per heavy atom. The lowest BCUT2D eigenvalue weighted by Gasteiger charge is -2.13. The Balaban J connectivity index is 2.73. The summed E-state index contributed by atoms with van der Waals surface area (Å²) in [4.78, 5) is 14.0. The summed E-state index contributed by atoms with van der Waals surface area (Å²) in [5, 5.41) is 0. The second-order valence-corrected chi connectivity index (χ2v) is 4.35. The summed E-state index contributed by atoms with van der Waals surface area (Å²) in [5.41, 5.74) is 9.24. The minimum Gasteiger partial charge on any atom is -0.496 e. The van der Waals surface area contributed by atoms with Gasteiger partial charge in [0.15, 0.2) is 0 Å². The zero-order chi connectivity index (χ0) is 13.3. The molecule has 0 fully saturated rings. The van der Waals surface area contributed by atoms with Crippen molar-refractivity contribution in [3.63, 3.8) is 0 Å². The van der Waals surface area contributed by atoms with E-state index >= 15 is 0 Å². The average molecular weight is 244 g/mol. The van der Waals surface area contributed by atoms with Crippen LogP contribution in [0.3, 0.4) is 0 Å². The molecule has 4 heteroatoms. The number of H-pyrrole nitrogens is 1. The Hall–Kier alpha value is -2.23. The van der Waals surface area contributed by atoms with E-state index in [0.717, 1.165) is 28.0 Å². The quantitative estimate of drug-likeness (QED) is 0.851. The van der Waals surface area contributed by atoms with Crippen LogP contribution in [0.1, 0.15) is 11.1 Å². The molecular formula is C14H16N2O2. The standard InChI is InChI=1S/C14H16N2O2/c1-8-4-9(2)14(18-3)11(5-8)10-6-12(15)16-13(17)7-10/h4-7H,1-3H3,(H3,15,16,17). The van der Waals surface area contributed by atoms with Gasteiger partial charge in [0.05, 0.1) is 7.11 Å². The molecule has 18 heavy (non-hydrogen) atoms. The SMILES string of the molecule is COc1c(C)cc(C)cc1-c1cc(N)[nH]c(=O)c1. The average Bonchev–Trinajstić information content (AvgIpc) is 2.26. The Morgan fingerprint density at radius 1 is 1.17 bits per heavy atom. The maximum atomic E-state index is 11.5. The molecule has 1 aromatic carbocycles. The number of rotatable bonds is 2. The van der Waals surface area contributed by atoms with E-state index in [-0.39, 0.29) is 5.56 Å². The molecule has 94 valence electrons. The first-order chi connectivity index (χ1) is 8.51. The molecule has 0 atom stereocenters. The number of aryl methyl sites for hydroxylation is 2. The highest BCUT2D eigenvalue weighted by Crippen LogP contribution is 2.33. The lowest BCUT2D eigenvalue weighted by Crippen LogP contribution is -2.07. The van der Waals surface area contributed by atoms with Crippen molar-refractivity contribution < 1.29 is 4.74 Å². The fourth-order valence-electron chi connectivity index (χ4n) is 2.16. The number of aromatic amines is 1. The predicted molar refractivity (Wildman–Crippen MR) is 72.9 cm³/mol. The molecule has 2 aromatic rings. The fourth-order valence-corrected chi connectivity index (χ4v) is 2.16. The van der Waals surface area contributed by atoms with Crippen molar-refractivity contribution in [1.29, 1.82) is 0 Å². The van der Waals surface area contributed by atoms with Crippen LogP contribution in [0.5, 0.6) is 5.75 Å². The van der Waals surface area contributed by atoms with Crippen LogP contribution in [-0.2, 0) is 0 Å². The van der Waals surface area contributed by atoms with E-state index in [1.807, 2.05) is 26.0 Å². The summed E-state index contributed by atoms with van der Waals surface area (Å²) in [6.07, 6.45) is 0. The number of benzene rings is 1. The fraction of sp³-hybridized carbons (Fsp3) is 0.214. The second-order valence-electron chi connectivity index (χ2n) is 4.35. The maximum absolute atomic E-state index is 11.5. The number of hydrogen-bond acceptors (Lipinski definition) is 3. The first kappa shape index (κ1) is 12.2. The van der Waals surface area contributed by atoms with Crippen molar-refractivity contribution in [2.45, 2.75) is 13.8 Å². The highest BCUT2D eigenvalue weighted by molar-refractivity contribution is 5.74. The molecule has 1 heterocycles. The number of nitrogens with one attached hydrogen (secondary N) is 1. The molecule has 3 N–H and O–H groups in total. The lowest BCUT2D eigenvalue weighted by molar-refractivity contribution is 0.413. The number of aromatic nitrogens is 1. The van der Waals surface area contributed by atoms with E-state index in [4.69, 9.17) is 10.5 Å². The molecule has 4 nitrogen and oxygen atoms in total. The monoisotopic (exact) mass is 244 g/mol. The Kier molecular flexibility index (Phi) is 3.10. The highest BCUT2D eigenvalue weighted by Gasteiger charge is 2.10. The number of nitrogens with two attached hydrogens (primary N) is 1.